The standard InChI is InChI=1S/C10H9FINO3/c1-5(6(2)14)7-3-8(11)9(12)4-10(7)13(15)16/h3-5H,1-2H3. The third-order valence-corrected chi connectivity index (χ3v) is 3.17. The number of benzene rings is 1. The first-order valence-electron chi connectivity index (χ1n) is 4.48. The van der Waals surface area contributed by atoms with Crippen molar-refractivity contribution in [1.82, 2.24) is 0 Å². The van der Waals surface area contributed by atoms with E-state index in [2.05, 4.69) is 0 Å². The van der Waals surface area contributed by atoms with Crippen LogP contribution in [0, 0.1) is 19.5 Å². The van der Waals surface area contributed by atoms with Crippen molar-refractivity contribution >= 4 is 34.1 Å². The van der Waals surface area contributed by atoms with Crippen molar-refractivity contribution in [3.05, 3.63) is 37.2 Å². The molecular weight excluding hydrogens is 328 g/mol. The van der Waals surface area contributed by atoms with Gasteiger partial charge in [-0.25, -0.2) is 4.39 Å². The molecule has 0 aliphatic heterocycles. The van der Waals surface area contributed by atoms with Gasteiger partial charge in [-0.05, 0) is 35.6 Å². The molecule has 0 spiro atoms. The number of hydrogen-bond acceptors (Lipinski definition) is 3. The number of halogens is 2. The zero-order chi connectivity index (χ0) is 12.5. The first-order valence-corrected chi connectivity index (χ1v) is 5.56. The van der Waals surface area contributed by atoms with Gasteiger partial charge in [0.05, 0.1) is 8.49 Å². The molecule has 1 rings (SSSR count). The second-order valence-electron chi connectivity index (χ2n) is 3.41. The maximum Gasteiger partial charge on any atom is 0.274 e. The number of carbonyl (C=O) groups excluding carboxylic acids is 1. The molecule has 0 aliphatic carbocycles. The molecule has 0 aromatic heterocycles. The Kier molecular flexibility index (Phi) is 3.95. The summed E-state index contributed by atoms with van der Waals surface area (Å²) < 4.78 is 13.5. The molecule has 4 nitrogen and oxygen atoms in total. The van der Waals surface area contributed by atoms with Crippen molar-refractivity contribution in [3.63, 3.8) is 0 Å². The van der Waals surface area contributed by atoms with Crippen LogP contribution in [0.25, 0.3) is 0 Å². The van der Waals surface area contributed by atoms with E-state index in [0.717, 1.165) is 12.1 Å². The molecule has 1 atom stereocenters. The molecule has 0 amide bonds. The smallest absolute Gasteiger partial charge is 0.274 e. The SMILES string of the molecule is CC(=O)C(C)c1cc(F)c(I)cc1[N+](=O)[O-]. The molecule has 0 saturated heterocycles. The van der Waals surface area contributed by atoms with Crippen LogP contribution in [0.1, 0.15) is 25.3 Å². The Bertz CT molecular complexity index is 462. The van der Waals surface area contributed by atoms with Gasteiger partial charge in [0.15, 0.2) is 0 Å². The van der Waals surface area contributed by atoms with Gasteiger partial charge < -0.3 is 0 Å². The number of Topliss-reactive ketones (excluding diaryl/α,β-unsaturated/α-hetero) is 1. The lowest BCUT2D eigenvalue weighted by Crippen LogP contribution is -2.08. The Hall–Kier alpha value is -1.05. The molecule has 86 valence electrons. The van der Waals surface area contributed by atoms with Crippen molar-refractivity contribution in [2.75, 3.05) is 0 Å². The molecule has 16 heavy (non-hydrogen) atoms. The lowest BCUT2D eigenvalue weighted by Gasteiger charge is -2.09. The van der Waals surface area contributed by atoms with Gasteiger partial charge in [0.25, 0.3) is 5.69 Å². The third-order valence-electron chi connectivity index (χ3n) is 2.34. The van der Waals surface area contributed by atoms with E-state index in [0.29, 0.717) is 0 Å². The molecule has 0 heterocycles. The average Bonchev–Trinajstić information content (AvgIpc) is 2.19. The van der Waals surface area contributed by atoms with Crippen molar-refractivity contribution in [3.8, 4) is 0 Å². The van der Waals surface area contributed by atoms with Gasteiger partial charge in [-0.1, -0.05) is 6.92 Å². The maximum absolute atomic E-state index is 13.3. The predicted molar refractivity (Wildman–Crippen MR) is 64.9 cm³/mol. The van der Waals surface area contributed by atoms with E-state index >= 15 is 0 Å². The minimum Gasteiger partial charge on any atom is -0.299 e. The molecular formula is C10H9FINO3. The fourth-order valence-electron chi connectivity index (χ4n) is 1.28. The van der Waals surface area contributed by atoms with Gasteiger partial charge in [-0.3, -0.25) is 14.9 Å². The highest BCUT2D eigenvalue weighted by atomic mass is 127. The van der Waals surface area contributed by atoms with Gasteiger partial charge in [-0.15, -0.1) is 0 Å². The summed E-state index contributed by atoms with van der Waals surface area (Å²) in [6.45, 7) is 2.85. The largest absolute Gasteiger partial charge is 0.299 e. The van der Waals surface area contributed by atoms with E-state index in [4.69, 9.17) is 0 Å². The van der Waals surface area contributed by atoms with Crippen LogP contribution in [-0.4, -0.2) is 10.7 Å². The Morgan fingerprint density at radius 1 is 1.56 bits per heavy atom. The first kappa shape index (κ1) is 13.0. The van der Waals surface area contributed by atoms with Crippen LogP contribution in [0.15, 0.2) is 12.1 Å². The van der Waals surface area contributed by atoms with E-state index in [1.165, 1.54) is 13.8 Å². The van der Waals surface area contributed by atoms with E-state index < -0.39 is 16.7 Å². The van der Waals surface area contributed by atoms with Crippen molar-refractivity contribution in [1.29, 1.82) is 0 Å². The fourth-order valence-corrected chi connectivity index (χ4v) is 1.73. The zero-order valence-corrected chi connectivity index (χ0v) is 10.8. The number of nitro benzene ring substituents is 1. The molecule has 1 aromatic rings. The van der Waals surface area contributed by atoms with Crippen molar-refractivity contribution in [2.24, 2.45) is 0 Å². The summed E-state index contributed by atoms with van der Waals surface area (Å²) in [5.41, 5.74) is -0.0936. The summed E-state index contributed by atoms with van der Waals surface area (Å²) in [4.78, 5) is 21.3. The number of ketones is 1. The molecule has 0 bridgehead atoms. The van der Waals surface area contributed by atoms with Crippen LogP contribution in [-0.2, 0) is 4.79 Å². The molecule has 0 saturated carbocycles. The summed E-state index contributed by atoms with van der Waals surface area (Å²) in [5, 5.41) is 10.8. The summed E-state index contributed by atoms with van der Waals surface area (Å²) in [6, 6.07) is 2.20. The van der Waals surface area contributed by atoms with E-state index in [-0.39, 0.29) is 20.6 Å². The summed E-state index contributed by atoms with van der Waals surface area (Å²) in [5.74, 6) is -1.45. The van der Waals surface area contributed by atoms with E-state index in [1.807, 2.05) is 0 Å². The number of hydrogen-bond donors (Lipinski definition) is 0. The molecule has 0 radical (unpaired) electrons. The molecule has 0 fully saturated rings. The normalized spacial score (nSPS) is 12.2. The lowest BCUT2D eigenvalue weighted by atomic mass is 9.96. The first-order chi connectivity index (χ1) is 7.34. The van der Waals surface area contributed by atoms with Gasteiger partial charge >= 0.3 is 0 Å². The number of carbonyl (C=O) groups is 1. The zero-order valence-electron chi connectivity index (χ0n) is 8.66. The molecule has 0 aliphatic rings. The van der Waals surface area contributed by atoms with Crippen molar-refractivity contribution < 1.29 is 14.1 Å². The maximum atomic E-state index is 13.3. The molecule has 1 aromatic carbocycles. The Labute approximate surface area is 105 Å². The van der Waals surface area contributed by atoms with Gasteiger partial charge in [0.1, 0.15) is 11.6 Å². The number of rotatable bonds is 3. The lowest BCUT2D eigenvalue weighted by molar-refractivity contribution is -0.385. The quantitative estimate of drug-likeness (QED) is 0.484. The fraction of sp³-hybridized carbons (Fsp3) is 0.300. The Balaban J connectivity index is 3.41. The van der Waals surface area contributed by atoms with Gasteiger partial charge in [0.2, 0.25) is 0 Å². The number of nitro groups is 1. The monoisotopic (exact) mass is 337 g/mol. The van der Waals surface area contributed by atoms with Crippen LogP contribution in [0.3, 0.4) is 0 Å². The van der Waals surface area contributed by atoms with E-state index in [1.54, 1.807) is 22.6 Å². The highest BCUT2D eigenvalue weighted by molar-refractivity contribution is 14.1. The van der Waals surface area contributed by atoms with Crippen molar-refractivity contribution in [2.45, 2.75) is 19.8 Å². The second kappa shape index (κ2) is 4.86. The summed E-state index contributed by atoms with van der Waals surface area (Å²) in [7, 11) is 0. The second-order valence-corrected chi connectivity index (χ2v) is 4.58. The minimum atomic E-state index is -0.674. The van der Waals surface area contributed by atoms with E-state index in [9.17, 15) is 19.3 Å². The van der Waals surface area contributed by atoms with Crippen LogP contribution < -0.4 is 0 Å². The highest BCUT2D eigenvalue weighted by Crippen LogP contribution is 2.30. The van der Waals surface area contributed by atoms with Crippen LogP contribution >= 0.6 is 22.6 Å². The van der Waals surface area contributed by atoms with Crippen LogP contribution in [0.4, 0.5) is 10.1 Å². The van der Waals surface area contributed by atoms with Gasteiger partial charge in [0, 0.05) is 17.5 Å². The minimum absolute atomic E-state index is 0.121. The Morgan fingerprint density at radius 3 is 2.56 bits per heavy atom. The average molecular weight is 337 g/mol. The highest BCUT2D eigenvalue weighted by Gasteiger charge is 2.24. The third kappa shape index (κ3) is 2.55. The molecule has 6 heteroatoms. The van der Waals surface area contributed by atoms with Gasteiger partial charge in [-0.2, -0.15) is 0 Å². The topological polar surface area (TPSA) is 60.2 Å². The molecule has 0 N–H and O–H groups in total. The van der Waals surface area contributed by atoms with Crippen LogP contribution in [0.2, 0.25) is 0 Å². The molecule has 1 unspecified atom stereocenters. The summed E-state index contributed by atoms with van der Waals surface area (Å²) in [6.07, 6.45) is 0. The number of nitrogens with zero attached hydrogens (tertiary/aromatic N) is 1. The summed E-state index contributed by atoms with van der Waals surface area (Å²) >= 11 is 1.68. The Morgan fingerprint density at radius 2 is 2.12 bits per heavy atom. The van der Waals surface area contributed by atoms with Crippen LogP contribution in [0.5, 0.6) is 0 Å². The predicted octanol–water partition coefficient (Wildman–Crippen LogP) is 3.03.